The molecule has 21 heavy (non-hydrogen) atoms. The van der Waals surface area contributed by atoms with Gasteiger partial charge in [0.05, 0.1) is 0 Å². The van der Waals surface area contributed by atoms with Crippen LogP contribution in [0.1, 0.15) is 32.0 Å². The zero-order valence-corrected chi connectivity index (χ0v) is 14.6. The fraction of sp³-hybridized carbons (Fsp3) is 0.769. The zero-order chi connectivity index (χ0) is 15.6. The number of H-pyrrole nitrogens is 1. The van der Waals surface area contributed by atoms with Gasteiger partial charge in [-0.15, -0.1) is 0 Å². The highest BCUT2D eigenvalue weighted by atomic mass is 32.2. The molecule has 1 atom stereocenters. The molecule has 1 aliphatic heterocycles. The molecule has 0 spiro atoms. The van der Waals surface area contributed by atoms with E-state index in [2.05, 4.69) is 22.4 Å². The molecule has 1 aliphatic rings. The standard InChI is InChI=1S/C13H24N4O2S2/c1-9(2)14-7-12-11(4)15-16-13(12)21(18,19)17-5-6-20-10(3)8-17/h9-10,14H,5-8H2,1-4H3,(H,15,16). The van der Waals surface area contributed by atoms with Crippen molar-refractivity contribution in [1.29, 1.82) is 0 Å². The molecule has 0 aromatic carbocycles. The van der Waals surface area contributed by atoms with Crippen LogP contribution in [0.25, 0.3) is 0 Å². The second-order valence-corrected chi connectivity index (χ2v) is 9.11. The number of thioether (sulfide) groups is 1. The van der Waals surface area contributed by atoms with Crippen molar-refractivity contribution >= 4 is 21.8 Å². The van der Waals surface area contributed by atoms with E-state index in [1.165, 1.54) is 0 Å². The number of nitrogens with zero attached hydrogens (tertiary/aromatic N) is 2. The van der Waals surface area contributed by atoms with Gasteiger partial charge in [-0.3, -0.25) is 5.10 Å². The predicted molar refractivity (Wildman–Crippen MR) is 86.0 cm³/mol. The summed E-state index contributed by atoms with van der Waals surface area (Å²) in [5.41, 5.74) is 1.55. The molecule has 0 bridgehead atoms. The van der Waals surface area contributed by atoms with Crippen molar-refractivity contribution in [2.24, 2.45) is 0 Å². The van der Waals surface area contributed by atoms with Gasteiger partial charge in [-0.05, 0) is 6.92 Å². The Hall–Kier alpha value is -0.570. The summed E-state index contributed by atoms with van der Waals surface area (Å²) in [6, 6.07) is 0.293. The van der Waals surface area contributed by atoms with Crippen molar-refractivity contribution in [1.82, 2.24) is 19.8 Å². The van der Waals surface area contributed by atoms with Crippen LogP contribution in [-0.2, 0) is 16.6 Å². The number of hydrogen-bond acceptors (Lipinski definition) is 5. The maximum Gasteiger partial charge on any atom is 0.262 e. The average molecular weight is 332 g/mol. The first-order chi connectivity index (χ1) is 9.82. The SMILES string of the molecule is Cc1[nH]nc(S(=O)(=O)N2CCSC(C)C2)c1CNC(C)C. The molecule has 8 heteroatoms. The van der Waals surface area contributed by atoms with Crippen LogP contribution in [0.5, 0.6) is 0 Å². The van der Waals surface area contributed by atoms with Crippen LogP contribution in [-0.4, -0.2) is 53.1 Å². The number of hydrogen-bond donors (Lipinski definition) is 2. The summed E-state index contributed by atoms with van der Waals surface area (Å²) in [7, 11) is -3.52. The minimum Gasteiger partial charge on any atom is -0.310 e. The summed E-state index contributed by atoms with van der Waals surface area (Å²) in [4.78, 5) is 0. The molecule has 0 radical (unpaired) electrons. The van der Waals surface area contributed by atoms with Crippen molar-refractivity contribution in [3.63, 3.8) is 0 Å². The van der Waals surface area contributed by atoms with Crippen LogP contribution in [0, 0.1) is 6.92 Å². The summed E-state index contributed by atoms with van der Waals surface area (Å²) in [6.45, 7) is 9.60. The Kier molecular flexibility index (Phi) is 5.34. The highest BCUT2D eigenvalue weighted by molar-refractivity contribution is 8.00. The Morgan fingerprint density at radius 2 is 2.24 bits per heavy atom. The van der Waals surface area contributed by atoms with E-state index < -0.39 is 10.0 Å². The topological polar surface area (TPSA) is 78.1 Å². The van der Waals surface area contributed by atoms with Crippen molar-refractivity contribution in [3.05, 3.63) is 11.3 Å². The summed E-state index contributed by atoms with van der Waals surface area (Å²) in [6.07, 6.45) is 0. The average Bonchev–Trinajstić information content (AvgIpc) is 2.78. The number of nitrogens with one attached hydrogen (secondary N) is 2. The number of sulfonamides is 1. The molecule has 2 rings (SSSR count). The minimum atomic E-state index is -3.52. The highest BCUT2D eigenvalue weighted by Crippen LogP contribution is 2.26. The quantitative estimate of drug-likeness (QED) is 0.851. The monoisotopic (exact) mass is 332 g/mol. The summed E-state index contributed by atoms with van der Waals surface area (Å²) >= 11 is 1.81. The van der Waals surface area contributed by atoms with Crippen molar-refractivity contribution < 1.29 is 8.42 Å². The lowest BCUT2D eigenvalue weighted by atomic mass is 10.2. The maximum atomic E-state index is 12.8. The van der Waals surface area contributed by atoms with Gasteiger partial charge in [0, 0.05) is 47.9 Å². The smallest absolute Gasteiger partial charge is 0.262 e. The minimum absolute atomic E-state index is 0.173. The number of aromatic nitrogens is 2. The van der Waals surface area contributed by atoms with Crippen molar-refractivity contribution in [2.45, 2.75) is 50.6 Å². The van der Waals surface area contributed by atoms with Crippen LogP contribution in [0.15, 0.2) is 5.03 Å². The molecule has 1 unspecified atom stereocenters. The molecular formula is C13H24N4O2S2. The largest absolute Gasteiger partial charge is 0.310 e. The Balaban J connectivity index is 2.27. The fourth-order valence-electron chi connectivity index (χ4n) is 2.28. The normalized spacial score (nSPS) is 21.1. The molecule has 1 aromatic rings. The molecule has 1 saturated heterocycles. The lowest BCUT2D eigenvalue weighted by Gasteiger charge is -2.29. The van der Waals surface area contributed by atoms with Gasteiger partial charge in [0.15, 0.2) is 5.03 Å². The van der Waals surface area contributed by atoms with Crippen molar-refractivity contribution in [2.75, 3.05) is 18.8 Å². The van der Waals surface area contributed by atoms with E-state index in [1.807, 2.05) is 32.5 Å². The Labute approximate surface area is 131 Å². The van der Waals surface area contributed by atoms with Crippen LogP contribution < -0.4 is 5.32 Å². The molecule has 0 aliphatic carbocycles. The van der Waals surface area contributed by atoms with E-state index >= 15 is 0 Å². The third-order valence-electron chi connectivity index (χ3n) is 3.51. The van der Waals surface area contributed by atoms with Gasteiger partial charge >= 0.3 is 0 Å². The number of aromatic amines is 1. The second kappa shape index (κ2) is 6.68. The summed E-state index contributed by atoms with van der Waals surface area (Å²) in [5.74, 6) is 0.837. The van der Waals surface area contributed by atoms with Gasteiger partial charge in [-0.25, -0.2) is 8.42 Å². The predicted octanol–water partition coefficient (Wildman–Crippen LogP) is 1.34. The lowest BCUT2D eigenvalue weighted by Crippen LogP contribution is -2.41. The Morgan fingerprint density at radius 3 is 2.86 bits per heavy atom. The molecule has 0 saturated carbocycles. The lowest BCUT2D eigenvalue weighted by molar-refractivity contribution is 0.421. The summed E-state index contributed by atoms with van der Waals surface area (Å²) in [5, 5.41) is 10.6. The Bertz CT molecular complexity index is 583. The first-order valence-corrected chi connectivity index (χ1v) is 9.70. The Morgan fingerprint density at radius 1 is 1.52 bits per heavy atom. The van der Waals surface area contributed by atoms with E-state index in [0.717, 1.165) is 17.0 Å². The van der Waals surface area contributed by atoms with Gasteiger partial charge in [-0.2, -0.15) is 21.2 Å². The maximum absolute atomic E-state index is 12.8. The van der Waals surface area contributed by atoms with E-state index in [4.69, 9.17) is 0 Å². The third kappa shape index (κ3) is 3.80. The van der Waals surface area contributed by atoms with E-state index in [9.17, 15) is 8.42 Å². The van der Waals surface area contributed by atoms with E-state index in [0.29, 0.717) is 30.9 Å². The van der Waals surface area contributed by atoms with Crippen LogP contribution in [0.2, 0.25) is 0 Å². The van der Waals surface area contributed by atoms with Crippen molar-refractivity contribution in [3.8, 4) is 0 Å². The number of aryl methyl sites for hydroxylation is 1. The molecule has 1 fully saturated rings. The zero-order valence-electron chi connectivity index (χ0n) is 13.0. The molecule has 2 N–H and O–H groups in total. The van der Waals surface area contributed by atoms with Gasteiger partial charge in [0.25, 0.3) is 10.0 Å². The molecular weight excluding hydrogens is 308 g/mol. The van der Waals surface area contributed by atoms with Gasteiger partial charge in [0.1, 0.15) is 0 Å². The highest BCUT2D eigenvalue weighted by Gasteiger charge is 2.33. The molecule has 6 nitrogen and oxygen atoms in total. The second-order valence-electron chi connectivity index (χ2n) is 5.71. The third-order valence-corrected chi connectivity index (χ3v) is 6.49. The van der Waals surface area contributed by atoms with E-state index in [-0.39, 0.29) is 5.03 Å². The first-order valence-electron chi connectivity index (χ1n) is 7.21. The number of rotatable bonds is 5. The molecule has 0 amide bonds. The molecule has 1 aromatic heterocycles. The molecule has 2 heterocycles. The van der Waals surface area contributed by atoms with Gasteiger partial charge in [0.2, 0.25) is 0 Å². The van der Waals surface area contributed by atoms with Gasteiger partial charge < -0.3 is 5.32 Å². The summed E-state index contributed by atoms with van der Waals surface area (Å²) < 4.78 is 27.2. The van der Waals surface area contributed by atoms with Crippen LogP contribution in [0.3, 0.4) is 0 Å². The van der Waals surface area contributed by atoms with Crippen LogP contribution >= 0.6 is 11.8 Å². The molecule has 120 valence electrons. The fourth-order valence-corrected chi connectivity index (χ4v) is 5.20. The van der Waals surface area contributed by atoms with Gasteiger partial charge in [-0.1, -0.05) is 20.8 Å². The first kappa shape index (κ1) is 16.8. The van der Waals surface area contributed by atoms with E-state index in [1.54, 1.807) is 4.31 Å². The van der Waals surface area contributed by atoms with Crippen LogP contribution in [0.4, 0.5) is 0 Å².